The van der Waals surface area contributed by atoms with E-state index in [1.807, 2.05) is 31.2 Å². The second-order valence-electron chi connectivity index (χ2n) is 5.81. The van der Waals surface area contributed by atoms with Crippen LogP contribution >= 0.6 is 11.6 Å². The highest BCUT2D eigenvalue weighted by Crippen LogP contribution is 2.25. The molecule has 0 spiro atoms. The summed E-state index contributed by atoms with van der Waals surface area (Å²) in [6.07, 6.45) is 11.5. The van der Waals surface area contributed by atoms with Crippen LogP contribution in [0.3, 0.4) is 0 Å². The Labute approximate surface area is 159 Å². The van der Waals surface area contributed by atoms with Gasteiger partial charge in [-0.2, -0.15) is 0 Å². The van der Waals surface area contributed by atoms with Crippen molar-refractivity contribution in [2.75, 3.05) is 4.72 Å². The van der Waals surface area contributed by atoms with Crippen molar-refractivity contribution in [1.29, 1.82) is 0 Å². The molecule has 0 saturated carbocycles. The van der Waals surface area contributed by atoms with Crippen LogP contribution in [-0.2, 0) is 11.0 Å². The van der Waals surface area contributed by atoms with Crippen molar-refractivity contribution in [1.82, 2.24) is 4.98 Å². The van der Waals surface area contributed by atoms with Gasteiger partial charge in [0, 0.05) is 28.5 Å². The van der Waals surface area contributed by atoms with Crippen molar-refractivity contribution < 1.29 is 9.00 Å². The summed E-state index contributed by atoms with van der Waals surface area (Å²) in [5.74, 6) is -0.212. The maximum Gasteiger partial charge on any atom is 0.195 e. The Morgan fingerprint density at radius 1 is 1.19 bits per heavy atom. The van der Waals surface area contributed by atoms with Crippen LogP contribution in [-0.4, -0.2) is 15.0 Å². The first-order chi connectivity index (χ1) is 12.5. The normalized spacial score (nSPS) is 14.8. The summed E-state index contributed by atoms with van der Waals surface area (Å²) in [7, 11) is -1.50. The molecule has 1 aromatic carbocycles. The molecular formula is C20H17ClN2O2S. The van der Waals surface area contributed by atoms with Crippen molar-refractivity contribution >= 4 is 34.1 Å². The highest BCUT2D eigenvalue weighted by atomic mass is 35.5. The molecule has 1 aromatic heterocycles. The zero-order chi connectivity index (χ0) is 18.5. The Balaban J connectivity index is 1.91. The molecule has 1 unspecified atom stereocenters. The van der Waals surface area contributed by atoms with E-state index < -0.39 is 11.0 Å². The minimum absolute atomic E-state index is 0.212. The summed E-state index contributed by atoms with van der Waals surface area (Å²) >= 11 is 6.07. The van der Waals surface area contributed by atoms with Gasteiger partial charge in [-0.1, -0.05) is 29.3 Å². The van der Waals surface area contributed by atoms with Crippen molar-refractivity contribution in [2.24, 2.45) is 0 Å². The molecule has 6 heteroatoms. The molecule has 4 nitrogen and oxygen atoms in total. The van der Waals surface area contributed by atoms with Crippen molar-refractivity contribution in [3.8, 4) is 0 Å². The van der Waals surface area contributed by atoms with Crippen LogP contribution in [0.25, 0.3) is 0 Å². The second kappa shape index (κ2) is 8.25. The van der Waals surface area contributed by atoms with E-state index in [9.17, 15) is 9.00 Å². The van der Waals surface area contributed by atoms with Gasteiger partial charge in [0.15, 0.2) is 5.78 Å². The quantitative estimate of drug-likeness (QED) is 0.751. The number of allylic oxidation sites excluding steroid dienone is 5. The first-order valence-electron chi connectivity index (χ1n) is 8.01. The molecule has 1 N–H and O–H groups in total. The molecule has 0 fully saturated rings. The SMILES string of the molecule is CC1=CC=C(S(=O)Nc2ccc(Cl)cc2C(=O)c2ccncc2)C=CC1. The van der Waals surface area contributed by atoms with Crippen LogP contribution in [0.1, 0.15) is 29.3 Å². The van der Waals surface area contributed by atoms with E-state index in [0.29, 0.717) is 26.7 Å². The summed E-state index contributed by atoms with van der Waals surface area (Å²) in [6, 6.07) is 8.16. The van der Waals surface area contributed by atoms with Crippen molar-refractivity contribution in [2.45, 2.75) is 13.3 Å². The zero-order valence-electron chi connectivity index (χ0n) is 14.1. The molecule has 3 rings (SSSR count). The van der Waals surface area contributed by atoms with Gasteiger partial charge in [-0.3, -0.25) is 9.78 Å². The predicted octanol–water partition coefficient (Wildman–Crippen LogP) is 4.83. The van der Waals surface area contributed by atoms with E-state index in [-0.39, 0.29) is 5.78 Å². The zero-order valence-corrected chi connectivity index (χ0v) is 15.7. The summed E-state index contributed by atoms with van der Waals surface area (Å²) in [5, 5.41) is 0.436. The third-order valence-corrected chi connectivity index (χ3v) is 5.18. The van der Waals surface area contributed by atoms with Gasteiger partial charge in [-0.05, 0) is 55.8 Å². The topological polar surface area (TPSA) is 59.1 Å². The van der Waals surface area contributed by atoms with E-state index in [1.165, 1.54) is 5.57 Å². The van der Waals surface area contributed by atoms with Crippen LogP contribution in [0, 0.1) is 0 Å². The van der Waals surface area contributed by atoms with Crippen LogP contribution in [0.2, 0.25) is 5.02 Å². The molecule has 0 amide bonds. The van der Waals surface area contributed by atoms with Crippen molar-refractivity contribution in [3.05, 3.63) is 93.7 Å². The first-order valence-corrected chi connectivity index (χ1v) is 9.54. The number of hydrogen-bond acceptors (Lipinski definition) is 3. The molecule has 0 aliphatic heterocycles. The van der Waals surface area contributed by atoms with Gasteiger partial charge < -0.3 is 4.72 Å². The van der Waals surface area contributed by atoms with Crippen LogP contribution in [0.4, 0.5) is 5.69 Å². The van der Waals surface area contributed by atoms with Crippen LogP contribution in [0.5, 0.6) is 0 Å². The van der Waals surface area contributed by atoms with Gasteiger partial charge in [0.05, 0.1) is 10.6 Å². The molecule has 2 aromatic rings. The molecule has 0 radical (unpaired) electrons. The second-order valence-corrected chi connectivity index (χ2v) is 7.46. The summed E-state index contributed by atoms with van der Waals surface area (Å²) in [4.78, 5) is 17.4. The number of aromatic nitrogens is 1. The van der Waals surface area contributed by atoms with Crippen molar-refractivity contribution in [3.63, 3.8) is 0 Å². The standard InChI is InChI=1S/C20H17ClN2O2S/c1-14-3-2-4-17(7-5-14)26(25)23-19-8-6-16(21)13-18(19)20(24)15-9-11-22-12-10-15/h2,4-13,23H,3H2,1H3. The molecule has 0 saturated heterocycles. The van der Waals surface area contributed by atoms with Gasteiger partial charge in [-0.25, -0.2) is 4.21 Å². The average molecular weight is 385 g/mol. The number of anilines is 1. The smallest absolute Gasteiger partial charge is 0.195 e. The van der Waals surface area contributed by atoms with Crippen LogP contribution in [0.15, 0.2) is 77.5 Å². The maximum atomic E-state index is 12.8. The summed E-state index contributed by atoms with van der Waals surface area (Å²) in [6.45, 7) is 2.02. The fraction of sp³-hybridized carbons (Fsp3) is 0.100. The first kappa shape index (κ1) is 18.3. The lowest BCUT2D eigenvalue weighted by molar-refractivity contribution is 0.103. The fourth-order valence-electron chi connectivity index (χ4n) is 2.44. The number of nitrogens with zero attached hydrogens (tertiary/aromatic N) is 1. The fourth-order valence-corrected chi connectivity index (χ4v) is 3.52. The molecule has 1 aliphatic rings. The number of nitrogens with one attached hydrogen (secondary N) is 1. The number of halogens is 1. The number of carbonyl (C=O) groups is 1. The van der Waals surface area contributed by atoms with E-state index in [2.05, 4.69) is 9.71 Å². The lowest BCUT2D eigenvalue weighted by Crippen LogP contribution is -2.11. The van der Waals surface area contributed by atoms with Gasteiger partial charge in [-0.15, -0.1) is 0 Å². The molecule has 1 aliphatic carbocycles. The van der Waals surface area contributed by atoms with E-state index in [0.717, 1.165) is 6.42 Å². The Morgan fingerprint density at radius 2 is 1.96 bits per heavy atom. The highest BCUT2D eigenvalue weighted by Gasteiger charge is 2.16. The Hall–Kier alpha value is -2.50. The van der Waals surface area contributed by atoms with Gasteiger partial charge in [0.25, 0.3) is 0 Å². The van der Waals surface area contributed by atoms with Gasteiger partial charge in [0.1, 0.15) is 11.0 Å². The molecule has 0 bridgehead atoms. The maximum absolute atomic E-state index is 12.8. The number of carbonyl (C=O) groups excluding carboxylic acids is 1. The highest BCUT2D eigenvalue weighted by molar-refractivity contribution is 7.90. The third-order valence-electron chi connectivity index (χ3n) is 3.84. The molecule has 1 heterocycles. The predicted molar refractivity (Wildman–Crippen MR) is 106 cm³/mol. The minimum Gasteiger partial charge on any atom is -0.300 e. The minimum atomic E-state index is -1.50. The average Bonchev–Trinajstić information content (AvgIpc) is 2.88. The Morgan fingerprint density at radius 3 is 2.73 bits per heavy atom. The van der Waals surface area contributed by atoms with Gasteiger partial charge in [0.2, 0.25) is 0 Å². The van der Waals surface area contributed by atoms with E-state index >= 15 is 0 Å². The summed E-state index contributed by atoms with van der Waals surface area (Å²) in [5.41, 5.74) is 2.51. The Kier molecular flexibility index (Phi) is 5.81. The lowest BCUT2D eigenvalue weighted by Gasteiger charge is -2.12. The van der Waals surface area contributed by atoms with E-state index in [1.54, 1.807) is 42.7 Å². The number of benzene rings is 1. The lowest BCUT2D eigenvalue weighted by atomic mass is 10.0. The van der Waals surface area contributed by atoms with Crippen LogP contribution < -0.4 is 4.72 Å². The number of ketones is 1. The molecular weight excluding hydrogens is 368 g/mol. The molecule has 1 atom stereocenters. The van der Waals surface area contributed by atoms with Gasteiger partial charge >= 0.3 is 0 Å². The molecule has 132 valence electrons. The number of hydrogen-bond donors (Lipinski definition) is 1. The van der Waals surface area contributed by atoms with E-state index in [4.69, 9.17) is 11.6 Å². The summed E-state index contributed by atoms with van der Waals surface area (Å²) < 4.78 is 15.6. The number of pyridine rings is 1. The number of rotatable bonds is 5. The monoisotopic (exact) mass is 384 g/mol. The molecule has 26 heavy (non-hydrogen) atoms. The largest absolute Gasteiger partial charge is 0.300 e. The third kappa shape index (κ3) is 4.36. The Bertz CT molecular complexity index is 950.